The van der Waals surface area contributed by atoms with E-state index in [1.165, 1.54) is 19.3 Å². The molecular weight excluding hydrogens is 266 g/mol. The zero-order valence-corrected chi connectivity index (χ0v) is 12.5. The second kappa shape index (κ2) is 6.70. The average molecular weight is 289 g/mol. The molecule has 1 saturated carbocycles. The minimum absolute atomic E-state index is 0.313. The summed E-state index contributed by atoms with van der Waals surface area (Å²) in [5, 5.41) is 6.68. The Balaban J connectivity index is 1.55. The molecule has 0 unspecified atom stereocenters. The minimum Gasteiger partial charge on any atom is -0.454 e. The lowest BCUT2D eigenvalue weighted by Gasteiger charge is -2.11. The van der Waals surface area contributed by atoms with Crippen LogP contribution in [0.2, 0.25) is 0 Å². The molecule has 21 heavy (non-hydrogen) atoms. The van der Waals surface area contributed by atoms with E-state index in [-0.39, 0.29) is 0 Å². The zero-order chi connectivity index (χ0) is 14.5. The van der Waals surface area contributed by atoms with Crippen molar-refractivity contribution >= 4 is 5.96 Å². The van der Waals surface area contributed by atoms with Crippen LogP contribution >= 0.6 is 0 Å². The molecule has 1 aliphatic carbocycles. The van der Waals surface area contributed by atoms with Gasteiger partial charge in [-0.1, -0.05) is 18.9 Å². The SMILES string of the molecule is CCNC(=NCc1ccc2c(c1)OCO2)NCCC1CC1. The number of benzene rings is 1. The van der Waals surface area contributed by atoms with Gasteiger partial charge in [0.2, 0.25) is 6.79 Å². The van der Waals surface area contributed by atoms with Gasteiger partial charge in [0.25, 0.3) is 0 Å². The van der Waals surface area contributed by atoms with Gasteiger partial charge in [-0.05, 0) is 37.0 Å². The van der Waals surface area contributed by atoms with Crippen LogP contribution in [0.3, 0.4) is 0 Å². The first-order chi connectivity index (χ1) is 10.3. The standard InChI is InChI=1S/C16H23N3O2/c1-2-17-16(18-8-7-12-3-4-12)19-10-13-5-6-14-15(9-13)21-11-20-14/h5-6,9,12H,2-4,7-8,10-11H2,1H3,(H2,17,18,19). The maximum Gasteiger partial charge on any atom is 0.231 e. The lowest BCUT2D eigenvalue weighted by molar-refractivity contribution is 0.174. The summed E-state index contributed by atoms with van der Waals surface area (Å²) >= 11 is 0. The van der Waals surface area contributed by atoms with Crippen molar-refractivity contribution in [2.45, 2.75) is 32.7 Å². The van der Waals surface area contributed by atoms with Gasteiger partial charge in [-0.3, -0.25) is 0 Å². The number of rotatable bonds is 6. The first-order valence-corrected chi connectivity index (χ1v) is 7.76. The highest BCUT2D eigenvalue weighted by atomic mass is 16.7. The molecule has 0 amide bonds. The minimum atomic E-state index is 0.313. The van der Waals surface area contributed by atoms with Crippen LogP contribution in [0, 0.1) is 5.92 Å². The molecule has 2 aliphatic rings. The maximum atomic E-state index is 5.39. The molecule has 1 fully saturated rings. The van der Waals surface area contributed by atoms with E-state index in [4.69, 9.17) is 9.47 Å². The second-order valence-electron chi connectivity index (χ2n) is 5.54. The van der Waals surface area contributed by atoms with Gasteiger partial charge in [0.05, 0.1) is 6.54 Å². The van der Waals surface area contributed by atoms with Gasteiger partial charge in [0, 0.05) is 13.1 Å². The predicted molar refractivity (Wildman–Crippen MR) is 82.7 cm³/mol. The van der Waals surface area contributed by atoms with Crippen molar-refractivity contribution in [3.8, 4) is 11.5 Å². The van der Waals surface area contributed by atoms with Crippen LogP contribution in [0.1, 0.15) is 31.7 Å². The third-order valence-electron chi connectivity index (χ3n) is 3.74. The smallest absolute Gasteiger partial charge is 0.231 e. The Morgan fingerprint density at radius 2 is 2.10 bits per heavy atom. The summed E-state index contributed by atoms with van der Waals surface area (Å²) < 4.78 is 10.7. The quantitative estimate of drug-likeness (QED) is 0.623. The lowest BCUT2D eigenvalue weighted by atomic mass is 10.2. The van der Waals surface area contributed by atoms with E-state index >= 15 is 0 Å². The van der Waals surface area contributed by atoms with Gasteiger partial charge in [0.15, 0.2) is 17.5 Å². The number of guanidine groups is 1. The summed E-state index contributed by atoms with van der Waals surface area (Å²) in [6.45, 7) is 4.90. The first kappa shape index (κ1) is 14.0. The lowest BCUT2D eigenvalue weighted by Crippen LogP contribution is -2.37. The summed E-state index contributed by atoms with van der Waals surface area (Å²) in [7, 11) is 0. The number of hydrogen-bond donors (Lipinski definition) is 2. The molecule has 5 nitrogen and oxygen atoms in total. The Morgan fingerprint density at radius 1 is 1.24 bits per heavy atom. The number of nitrogens with one attached hydrogen (secondary N) is 2. The molecule has 0 saturated heterocycles. The van der Waals surface area contributed by atoms with Crippen molar-refractivity contribution in [1.82, 2.24) is 10.6 Å². The van der Waals surface area contributed by atoms with Crippen LogP contribution < -0.4 is 20.1 Å². The Bertz CT molecular complexity index is 512. The number of fused-ring (bicyclic) bond motifs is 1. The normalized spacial score (nSPS) is 16.9. The van der Waals surface area contributed by atoms with Gasteiger partial charge in [0.1, 0.15) is 0 Å². The van der Waals surface area contributed by atoms with Crippen molar-refractivity contribution in [3.05, 3.63) is 23.8 Å². The molecule has 1 heterocycles. The molecule has 1 aromatic carbocycles. The number of ether oxygens (including phenoxy) is 2. The third-order valence-corrected chi connectivity index (χ3v) is 3.74. The highest BCUT2D eigenvalue weighted by Crippen LogP contribution is 2.33. The highest BCUT2D eigenvalue weighted by Gasteiger charge is 2.20. The largest absolute Gasteiger partial charge is 0.454 e. The predicted octanol–water partition coefficient (Wildman–Crippen LogP) is 2.27. The van der Waals surface area contributed by atoms with Gasteiger partial charge in [-0.15, -0.1) is 0 Å². The number of hydrogen-bond acceptors (Lipinski definition) is 3. The van der Waals surface area contributed by atoms with E-state index in [1.54, 1.807) is 0 Å². The molecule has 0 bridgehead atoms. The monoisotopic (exact) mass is 289 g/mol. The molecule has 0 atom stereocenters. The number of aliphatic imine (C=N–C) groups is 1. The molecular formula is C16H23N3O2. The average Bonchev–Trinajstić information content (AvgIpc) is 3.20. The van der Waals surface area contributed by atoms with Crippen LogP contribution in [0.5, 0.6) is 11.5 Å². The molecule has 2 N–H and O–H groups in total. The number of nitrogens with zero attached hydrogens (tertiary/aromatic N) is 1. The summed E-state index contributed by atoms with van der Waals surface area (Å²) in [6.07, 6.45) is 4.04. The second-order valence-corrected chi connectivity index (χ2v) is 5.54. The van der Waals surface area contributed by atoms with Gasteiger partial charge < -0.3 is 20.1 Å². The van der Waals surface area contributed by atoms with E-state index in [2.05, 4.69) is 22.5 Å². The molecule has 114 valence electrons. The van der Waals surface area contributed by atoms with E-state index in [9.17, 15) is 0 Å². The summed E-state index contributed by atoms with van der Waals surface area (Å²) in [5.41, 5.74) is 1.12. The van der Waals surface area contributed by atoms with Gasteiger partial charge in [-0.25, -0.2) is 4.99 Å². The summed E-state index contributed by atoms with van der Waals surface area (Å²) in [5.74, 6) is 3.46. The molecule has 0 radical (unpaired) electrons. The van der Waals surface area contributed by atoms with Gasteiger partial charge >= 0.3 is 0 Å². The van der Waals surface area contributed by atoms with Crippen molar-refractivity contribution in [1.29, 1.82) is 0 Å². The van der Waals surface area contributed by atoms with Crippen LogP contribution in [0.15, 0.2) is 23.2 Å². The first-order valence-electron chi connectivity index (χ1n) is 7.76. The topological polar surface area (TPSA) is 54.9 Å². The molecule has 3 rings (SSSR count). The van der Waals surface area contributed by atoms with E-state index in [0.29, 0.717) is 13.3 Å². The summed E-state index contributed by atoms with van der Waals surface area (Å²) in [6, 6.07) is 5.98. The van der Waals surface area contributed by atoms with Crippen LogP contribution in [0.25, 0.3) is 0 Å². The molecule has 5 heteroatoms. The Morgan fingerprint density at radius 3 is 2.90 bits per heavy atom. The van der Waals surface area contributed by atoms with Crippen molar-refractivity contribution in [2.24, 2.45) is 10.9 Å². The Hall–Kier alpha value is -1.91. The van der Waals surface area contributed by atoms with Crippen LogP contribution in [-0.4, -0.2) is 25.8 Å². The maximum absolute atomic E-state index is 5.39. The summed E-state index contributed by atoms with van der Waals surface area (Å²) in [4.78, 5) is 4.62. The van der Waals surface area contributed by atoms with Crippen LogP contribution in [0.4, 0.5) is 0 Å². The molecule has 1 aromatic rings. The fourth-order valence-electron chi connectivity index (χ4n) is 2.35. The van der Waals surface area contributed by atoms with E-state index in [0.717, 1.165) is 42.0 Å². The zero-order valence-electron chi connectivity index (χ0n) is 12.5. The fraction of sp³-hybridized carbons (Fsp3) is 0.562. The Labute approximate surface area is 125 Å². The Kier molecular flexibility index (Phi) is 4.48. The van der Waals surface area contributed by atoms with Crippen LogP contribution in [-0.2, 0) is 6.54 Å². The molecule has 0 aromatic heterocycles. The molecule has 0 spiro atoms. The highest BCUT2D eigenvalue weighted by molar-refractivity contribution is 5.79. The third kappa shape index (κ3) is 4.03. The van der Waals surface area contributed by atoms with Crippen molar-refractivity contribution in [2.75, 3.05) is 19.9 Å². The van der Waals surface area contributed by atoms with Gasteiger partial charge in [-0.2, -0.15) is 0 Å². The van der Waals surface area contributed by atoms with Crippen molar-refractivity contribution in [3.63, 3.8) is 0 Å². The fourth-order valence-corrected chi connectivity index (χ4v) is 2.35. The molecule has 1 aliphatic heterocycles. The van der Waals surface area contributed by atoms with Crippen molar-refractivity contribution < 1.29 is 9.47 Å². The van der Waals surface area contributed by atoms with E-state index in [1.807, 2.05) is 18.2 Å². The van der Waals surface area contributed by atoms with E-state index < -0.39 is 0 Å².